The average molecular weight is 388 g/mol. The van der Waals surface area contributed by atoms with E-state index in [1.54, 1.807) is 6.92 Å². The van der Waals surface area contributed by atoms with Gasteiger partial charge < -0.3 is 18.5 Å². The van der Waals surface area contributed by atoms with E-state index in [-0.39, 0.29) is 51.1 Å². The van der Waals surface area contributed by atoms with Crippen molar-refractivity contribution in [1.82, 2.24) is 9.55 Å². The van der Waals surface area contributed by atoms with Gasteiger partial charge in [-0.3, -0.25) is 4.79 Å². The van der Waals surface area contributed by atoms with Gasteiger partial charge in [-0.2, -0.15) is 5.26 Å². The molecule has 0 aliphatic carbocycles. The first-order chi connectivity index (χ1) is 12.9. The molecule has 0 aliphatic rings. The second-order valence-electron chi connectivity index (χ2n) is 5.59. The highest BCUT2D eigenvalue weighted by atomic mass is 35.5. The van der Waals surface area contributed by atoms with Gasteiger partial charge in [-0.15, -0.1) is 0 Å². The molecule has 9 heteroatoms. The van der Waals surface area contributed by atoms with Crippen LogP contribution in [0, 0.1) is 18.3 Å². The maximum Gasteiger partial charge on any atom is 0.348 e. The fraction of sp³-hybridized carbons (Fsp3) is 0.222. The molecule has 0 fully saturated rings. The van der Waals surface area contributed by atoms with Gasteiger partial charge in [0, 0.05) is 13.1 Å². The number of aromatic nitrogens is 2. The molecule has 3 rings (SSSR count). The second-order valence-corrected chi connectivity index (χ2v) is 6.00. The van der Waals surface area contributed by atoms with E-state index in [1.807, 2.05) is 6.07 Å². The molecular formula is C18H14ClN3O5. The van der Waals surface area contributed by atoms with Gasteiger partial charge >= 0.3 is 5.97 Å². The van der Waals surface area contributed by atoms with Crippen LogP contribution >= 0.6 is 11.6 Å². The average Bonchev–Trinajstić information content (AvgIpc) is 2.97. The Balaban J connectivity index is 2.11. The van der Waals surface area contributed by atoms with Crippen LogP contribution in [0.15, 0.2) is 27.7 Å². The van der Waals surface area contributed by atoms with Crippen molar-refractivity contribution in [3.8, 4) is 17.6 Å². The van der Waals surface area contributed by atoms with Gasteiger partial charge in [-0.1, -0.05) is 11.6 Å². The molecule has 138 valence electrons. The van der Waals surface area contributed by atoms with Crippen LogP contribution < -0.4 is 15.0 Å². The number of fused-ring (bicyclic) bond motifs is 1. The van der Waals surface area contributed by atoms with Gasteiger partial charge in [0.05, 0.1) is 23.3 Å². The minimum atomic E-state index is -0.844. The van der Waals surface area contributed by atoms with Crippen molar-refractivity contribution in [1.29, 1.82) is 5.26 Å². The third kappa shape index (κ3) is 3.25. The number of hydrogen-bond donors (Lipinski definition) is 0. The first kappa shape index (κ1) is 18.5. The number of ether oxygens (including phenoxy) is 2. The summed E-state index contributed by atoms with van der Waals surface area (Å²) in [5, 5.41) is 9.11. The summed E-state index contributed by atoms with van der Waals surface area (Å²) in [5.41, 5.74) is -0.189. The molecule has 0 saturated carbocycles. The molecule has 3 aromatic rings. The maximum absolute atomic E-state index is 12.8. The van der Waals surface area contributed by atoms with E-state index in [0.29, 0.717) is 0 Å². The molecule has 0 unspecified atom stereocenters. The summed E-state index contributed by atoms with van der Waals surface area (Å²) in [7, 11) is 1.51. The lowest BCUT2D eigenvalue weighted by Crippen LogP contribution is -2.20. The van der Waals surface area contributed by atoms with Crippen LogP contribution in [0.4, 0.5) is 0 Å². The van der Waals surface area contributed by atoms with Gasteiger partial charge in [-0.05, 0) is 19.9 Å². The highest BCUT2D eigenvalue weighted by molar-refractivity contribution is 6.32. The van der Waals surface area contributed by atoms with Crippen LogP contribution in [0.5, 0.6) is 11.5 Å². The predicted molar refractivity (Wildman–Crippen MR) is 96.3 cm³/mol. The maximum atomic E-state index is 12.8. The van der Waals surface area contributed by atoms with Crippen molar-refractivity contribution < 1.29 is 18.7 Å². The second kappa shape index (κ2) is 7.13. The third-order valence-corrected chi connectivity index (χ3v) is 4.07. The number of aryl methyl sites for hydroxylation is 2. The molecule has 2 heterocycles. The molecule has 0 radical (unpaired) electrons. The van der Waals surface area contributed by atoms with Crippen LogP contribution in [0.1, 0.15) is 28.6 Å². The molecule has 0 atom stereocenters. The Labute approximate surface area is 158 Å². The van der Waals surface area contributed by atoms with Crippen LogP contribution in [0.2, 0.25) is 5.02 Å². The van der Waals surface area contributed by atoms with Crippen LogP contribution in [0.3, 0.4) is 0 Å². The van der Waals surface area contributed by atoms with Crippen molar-refractivity contribution in [3.05, 3.63) is 50.7 Å². The summed E-state index contributed by atoms with van der Waals surface area (Å²) < 4.78 is 17.5. The van der Waals surface area contributed by atoms with Gasteiger partial charge in [0.15, 0.2) is 11.5 Å². The van der Waals surface area contributed by atoms with Crippen molar-refractivity contribution in [3.63, 3.8) is 0 Å². The standard InChI is InChI=1S/C18H14ClN3O5/c1-4-25-12-6-10(7-20)5-11(19)15(12)27-18(24)13-9(2)26-16-14(13)17(23)22(3)8-21-16/h5-6,8H,4H2,1-3H3. The first-order valence-corrected chi connectivity index (χ1v) is 8.28. The highest BCUT2D eigenvalue weighted by Crippen LogP contribution is 2.37. The van der Waals surface area contributed by atoms with Crippen LogP contribution in [0.25, 0.3) is 11.1 Å². The van der Waals surface area contributed by atoms with Crippen molar-refractivity contribution >= 4 is 28.7 Å². The predicted octanol–water partition coefficient (Wildman–Crippen LogP) is 2.98. The summed E-state index contributed by atoms with van der Waals surface area (Å²) in [4.78, 5) is 29.2. The summed E-state index contributed by atoms with van der Waals surface area (Å²) in [6, 6.07) is 4.72. The summed E-state index contributed by atoms with van der Waals surface area (Å²) in [6.07, 6.45) is 1.30. The van der Waals surface area contributed by atoms with E-state index in [4.69, 9.17) is 30.8 Å². The van der Waals surface area contributed by atoms with Crippen LogP contribution in [-0.4, -0.2) is 22.1 Å². The largest absolute Gasteiger partial charge is 0.490 e. The molecule has 0 N–H and O–H groups in total. The van der Waals surface area contributed by atoms with Gasteiger partial charge in [0.1, 0.15) is 23.0 Å². The van der Waals surface area contributed by atoms with Gasteiger partial charge in [0.2, 0.25) is 5.71 Å². The Bertz CT molecular complexity index is 1160. The van der Waals surface area contributed by atoms with E-state index in [1.165, 1.54) is 37.0 Å². The lowest BCUT2D eigenvalue weighted by atomic mass is 10.2. The van der Waals surface area contributed by atoms with E-state index in [2.05, 4.69) is 4.98 Å². The molecule has 8 nitrogen and oxygen atoms in total. The lowest BCUT2D eigenvalue weighted by molar-refractivity contribution is 0.0728. The molecule has 0 aliphatic heterocycles. The molecule has 0 bridgehead atoms. The number of nitrogens with zero attached hydrogens (tertiary/aromatic N) is 3. The molecule has 27 heavy (non-hydrogen) atoms. The molecule has 0 spiro atoms. The molecular weight excluding hydrogens is 374 g/mol. The van der Waals surface area contributed by atoms with Crippen LogP contribution in [-0.2, 0) is 7.05 Å². The van der Waals surface area contributed by atoms with E-state index in [0.717, 1.165) is 0 Å². The number of esters is 1. The zero-order valence-corrected chi connectivity index (χ0v) is 15.5. The van der Waals surface area contributed by atoms with E-state index in [9.17, 15) is 9.59 Å². The summed E-state index contributed by atoms with van der Waals surface area (Å²) >= 11 is 6.16. The quantitative estimate of drug-likeness (QED) is 0.500. The van der Waals surface area contributed by atoms with Crippen molar-refractivity contribution in [2.24, 2.45) is 7.05 Å². The molecule has 0 amide bonds. The van der Waals surface area contributed by atoms with E-state index >= 15 is 0 Å². The number of furan rings is 1. The first-order valence-electron chi connectivity index (χ1n) is 7.90. The summed E-state index contributed by atoms with van der Waals surface area (Å²) in [5.74, 6) is -0.555. The SMILES string of the molecule is CCOc1cc(C#N)cc(Cl)c1OC(=O)c1c(C)oc2ncn(C)c(=O)c12. The summed E-state index contributed by atoms with van der Waals surface area (Å²) in [6.45, 7) is 3.54. The number of rotatable bonds is 4. The number of hydrogen-bond acceptors (Lipinski definition) is 7. The Morgan fingerprint density at radius 1 is 1.44 bits per heavy atom. The molecule has 2 aromatic heterocycles. The van der Waals surface area contributed by atoms with Crippen molar-refractivity contribution in [2.45, 2.75) is 13.8 Å². The third-order valence-electron chi connectivity index (χ3n) is 3.79. The number of carbonyl (C=O) groups is 1. The fourth-order valence-corrected chi connectivity index (χ4v) is 2.82. The lowest BCUT2D eigenvalue weighted by Gasteiger charge is -2.12. The Morgan fingerprint density at radius 3 is 2.85 bits per heavy atom. The number of carbonyl (C=O) groups excluding carboxylic acids is 1. The topological polar surface area (TPSA) is 107 Å². The Hall–Kier alpha value is -3.31. The minimum Gasteiger partial charge on any atom is -0.490 e. The highest BCUT2D eigenvalue weighted by Gasteiger charge is 2.26. The van der Waals surface area contributed by atoms with E-state index < -0.39 is 11.5 Å². The number of benzene rings is 1. The Morgan fingerprint density at radius 2 is 2.19 bits per heavy atom. The smallest absolute Gasteiger partial charge is 0.348 e. The van der Waals surface area contributed by atoms with Crippen molar-refractivity contribution in [2.75, 3.05) is 6.61 Å². The zero-order chi connectivity index (χ0) is 19.7. The molecule has 1 aromatic carbocycles. The number of halogens is 1. The fourth-order valence-electron chi connectivity index (χ4n) is 2.57. The zero-order valence-electron chi connectivity index (χ0n) is 14.7. The minimum absolute atomic E-state index is 0.0187. The molecule has 0 saturated heterocycles. The Kier molecular flexibility index (Phi) is 4.88. The van der Waals surface area contributed by atoms with Gasteiger partial charge in [0.25, 0.3) is 5.56 Å². The monoisotopic (exact) mass is 387 g/mol. The van der Waals surface area contributed by atoms with Gasteiger partial charge in [-0.25, -0.2) is 9.78 Å². The normalized spacial score (nSPS) is 10.6. The number of nitriles is 1.